The van der Waals surface area contributed by atoms with Crippen molar-refractivity contribution in [3.63, 3.8) is 0 Å². The van der Waals surface area contributed by atoms with Gasteiger partial charge < -0.3 is 14.4 Å². The van der Waals surface area contributed by atoms with Gasteiger partial charge in [-0.1, -0.05) is 218 Å². The number of hydrogen-bond acceptors (Lipinski definition) is 2. The second-order valence-electron chi connectivity index (χ2n) is 18.8. The fourth-order valence-corrected chi connectivity index (χ4v) is 11.4. The first-order chi connectivity index (χ1) is 36.2. The average molecular weight is 930 g/mol. The third-order valence-corrected chi connectivity index (χ3v) is 14.7. The van der Waals surface area contributed by atoms with Crippen molar-refractivity contribution in [2.45, 2.75) is 0 Å². The number of benzene rings is 13. The van der Waals surface area contributed by atoms with Crippen molar-refractivity contribution in [2.75, 3.05) is 9.80 Å². The van der Waals surface area contributed by atoms with Crippen LogP contribution in [0.2, 0.25) is 0 Å². The predicted octanol–water partition coefficient (Wildman–Crippen LogP) is 19.7. The van der Waals surface area contributed by atoms with E-state index in [2.05, 4.69) is 299 Å². The van der Waals surface area contributed by atoms with Crippen molar-refractivity contribution in [3.05, 3.63) is 285 Å². The Labute approximate surface area is 424 Å². The predicted molar refractivity (Wildman–Crippen MR) is 311 cm³/mol. The van der Waals surface area contributed by atoms with Gasteiger partial charge in [0.2, 0.25) is 0 Å². The zero-order valence-corrected chi connectivity index (χ0v) is 40.0. The minimum absolute atomic E-state index is 1.08. The molecule has 0 aliphatic carbocycles. The maximum absolute atomic E-state index is 2.58. The molecule has 342 valence electrons. The van der Waals surface area contributed by atoms with Gasteiger partial charge >= 0.3 is 0 Å². The third-order valence-electron chi connectivity index (χ3n) is 14.7. The van der Waals surface area contributed by atoms with E-state index in [0.717, 1.165) is 50.8 Å². The SMILES string of the molecule is c1ccc(-c2ccc(N(c3ccccc3)c3cc4c(c5ccccc35)c3c5ccccc5c(N(c5ccccc5)c5ccc(-c6ccccc6)cc5)cc3n4-c3cc4ccccc4c4ccccc34)cc2)cc1. The van der Waals surface area contributed by atoms with E-state index in [-0.39, 0.29) is 0 Å². The molecule has 0 saturated heterocycles. The zero-order chi connectivity index (χ0) is 48.2. The summed E-state index contributed by atoms with van der Waals surface area (Å²) < 4.78 is 2.58. The molecule has 14 rings (SSSR count). The molecule has 1 aromatic heterocycles. The lowest BCUT2D eigenvalue weighted by atomic mass is 9.96. The number of fused-ring (bicyclic) bond motifs is 10. The summed E-state index contributed by atoms with van der Waals surface area (Å²) in [6, 6.07) is 104. The largest absolute Gasteiger partial charge is 0.310 e. The monoisotopic (exact) mass is 929 g/mol. The highest BCUT2D eigenvalue weighted by molar-refractivity contribution is 6.32. The summed E-state index contributed by atoms with van der Waals surface area (Å²) in [6.07, 6.45) is 0. The molecule has 1 heterocycles. The first-order valence-corrected chi connectivity index (χ1v) is 25.1. The Morgan fingerprint density at radius 2 is 0.562 bits per heavy atom. The molecule has 0 spiro atoms. The van der Waals surface area contributed by atoms with E-state index in [0.29, 0.717) is 0 Å². The summed E-state index contributed by atoms with van der Waals surface area (Å²) >= 11 is 0. The minimum atomic E-state index is 1.08. The van der Waals surface area contributed by atoms with Gasteiger partial charge in [0.15, 0.2) is 0 Å². The Kier molecular flexibility index (Phi) is 10.2. The van der Waals surface area contributed by atoms with Gasteiger partial charge in [0.05, 0.1) is 28.1 Å². The maximum Gasteiger partial charge on any atom is 0.0568 e. The van der Waals surface area contributed by atoms with Crippen LogP contribution in [0.3, 0.4) is 0 Å². The lowest BCUT2D eigenvalue weighted by Crippen LogP contribution is -2.11. The Hall–Kier alpha value is -9.70. The summed E-state index contributed by atoms with van der Waals surface area (Å²) in [6.45, 7) is 0. The molecule has 73 heavy (non-hydrogen) atoms. The molecule has 3 nitrogen and oxygen atoms in total. The number of hydrogen-bond donors (Lipinski definition) is 0. The highest BCUT2D eigenvalue weighted by Gasteiger charge is 2.27. The Bertz CT molecular complexity index is 4110. The van der Waals surface area contributed by atoms with Gasteiger partial charge in [-0.3, -0.25) is 0 Å². The molecule has 0 fully saturated rings. The molecule has 0 atom stereocenters. The number of para-hydroxylation sites is 2. The molecule has 13 aromatic carbocycles. The van der Waals surface area contributed by atoms with Crippen LogP contribution in [0.5, 0.6) is 0 Å². The van der Waals surface area contributed by atoms with Gasteiger partial charge in [0, 0.05) is 49.7 Å². The summed E-state index contributed by atoms with van der Waals surface area (Å²) in [7, 11) is 0. The molecule has 0 saturated carbocycles. The first kappa shape index (κ1) is 42.2. The standard InChI is InChI=1S/C70H47N3/c1-5-21-48(22-6-1)50-37-41-55(42-38-50)71(53-26-9-3-10-27-53)65-46-67-69(62-35-19-17-33-60(62)65)70-63-36-20-18-34-61(63)66(47-68(70)73(67)64-45-52-25-13-14-30-57(52)58-31-15-16-32-59(58)64)72(54-28-11-4-12-29-54)56-43-39-51(40-44-56)49-23-7-2-8-24-49/h1-47H. The van der Waals surface area contributed by atoms with Crippen LogP contribution in [0, 0.1) is 0 Å². The summed E-state index contributed by atoms with van der Waals surface area (Å²) in [4.78, 5) is 4.88. The van der Waals surface area contributed by atoms with Crippen LogP contribution in [-0.4, -0.2) is 4.57 Å². The lowest BCUT2D eigenvalue weighted by molar-refractivity contribution is 1.20. The van der Waals surface area contributed by atoms with Crippen molar-refractivity contribution >= 4 is 99.0 Å². The second kappa shape index (κ2) is 17.6. The van der Waals surface area contributed by atoms with Crippen LogP contribution in [-0.2, 0) is 0 Å². The number of rotatable bonds is 9. The Morgan fingerprint density at radius 3 is 1.01 bits per heavy atom. The van der Waals surface area contributed by atoms with Gasteiger partial charge in [0.1, 0.15) is 0 Å². The lowest BCUT2D eigenvalue weighted by Gasteiger charge is -2.27. The number of anilines is 6. The van der Waals surface area contributed by atoms with Gasteiger partial charge in [-0.2, -0.15) is 0 Å². The zero-order valence-electron chi connectivity index (χ0n) is 40.0. The van der Waals surface area contributed by atoms with Crippen molar-refractivity contribution in [1.82, 2.24) is 4.57 Å². The molecule has 0 aliphatic heterocycles. The summed E-state index contributed by atoms with van der Waals surface area (Å²) in [5, 5.41) is 12.0. The van der Waals surface area contributed by atoms with Gasteiger partial charge in [-0.15, -0.1) is 0 Å². The van der Waals surface area contributed by atoms with E-state index in [9.17, 15) is 0 Å². The topological polar surface area (TPSA) is 11.4 Å². The number of aromatic nitrogens is 1. The molecule has 0 aliphatic rings. The highest BCUT2D eigenvalue weighted by atomic mass is 15.2. The molecule has 0 bridgehead atoms. The third kappa shape index (κ3) is 7.13. The van der Waals surface area contributed by atoms with E-state index >= 15 is 0 Å². The minimum Gasteiger partial charge on any atom is -0.310 e. The second-order valence-corrected chi connectivity index (χ2v) is 18.8. The van der Waals surface area contributed by atoms with Gasteiger partial charge in [0.25, 0.3) is 0 Å². The van der Waals surface area contributed by atoms with Crippen LogP contribution in [0.4, 0.5) is 34.1 Å². The van der Waals surface area contributed by atoms with Crippen molar-refractivity contribution in [3.8, 4) is 27.9 Å². The van der Waals surface area contributed by atoms with Gasteiger partial charge in [-0.05, 0) is 116 Å². The van der Waals surface area contributed by atoms with Crippen LogP contribution in [0.15, 0.2) is 285 Å². The molecule has 14 aromatic rings. The smallest absolute Gasteiger partial charge is 0.0568 e. The van der Waals surface area contributed by atoms with Crippen molar-refractivity contribution in [2.24, 2.45) is 0 Å². The van der Waals surface area contributed by atoms with Crippen LogP contribution >= 0.6 is 0 Å². The van der Waals surface area contributed by atoms with E-state index < -0.39 is 0 Å². The Morgan fingerprint density at radius 1 is 0.233 bits per heavy atom. The van der Waals surface area contributed by atoms with E-state index in [4.69, 9.17) is 0 Å². The molecule has 3 heteroatoms. The normalized spacial score (nSPS) is 11.6. The molecule has 0 unspecified atom stereocenters. The summed E-state index contributed by atoms with van der Waals surface area (Å²) in [5.41, 5.74) is 14.7. The quantitative estimate of drug-likeness (QED) is 0.134. The van der Waals surface area contributed by atoms with E-state index in [1.165, 1.54) is 76.1 Å². The summed E-state index contributed by atoms with van der Waals surface area (Å²) in [5.74, 6) is 0. The van der Waals surface area contributed by atoms with Crippen LogP contribution in [0.1, 0.15) is 0 Å². The van der Waals surface area contributed by atoms with Crippen LogP contribution in [0.25, 0.3) is 92.8 Å². The van der Waals surface area contributed by atoms with E-state index in [1.54, 1.807) is 0 Å². The molecule has 0 amide bonds. The molecular formula is C70H47N3. The number of nitrogens with zero attached hydrogens (tertiary/aromatic N) is 3. The fraction of sp³-hybridized carbons (Fsp3) is 0. The molecular weight excluding hydrogens is 883 g/mol. The van der Waals surface area contributed by atoms with Crippen LogP contribution < -0.4 is 9.80 Å². The molecule has 0 N–H and O–H groups in total. The van der Waals surface area contributed by atoms with Crippen molar-refractivity contribution in [1.29, 1.82) is 0 Å². The molecule has 0 radical (unpaired) electrons. The van der Waals surface area contributed by atoms with E-state index in [1.807, 2.05) is 0 Å². The maximum atomic E-state index is 2.58. The average Bonchev–Trinajstić information content (AvgIpc) is 3.80. The Balaban J connectivity index is 1.12. The van der Waals surface area contributed by atoms with Crippen molar-refractivity contribution < 1.29 is 0 Å². The highest BCUT2D eigenvalue weighted by Crippen LogP contribution is 2.51. The van der Waals surface area contributed by atoms with Gasteiger partial charge in [-0.25, -0.2) is 0 Å². The fourth-order valence-electron chi connectivity index (χ4n) is 11.4. The first-order valence-electron chi connectivity index (χ1n) is 25.1.